The molecule has 0 radical (unpaired) electrons. The van der Waals surface area contributed by atoms with Crippen LogP contribution in [0.4, 0.5) is 5.69 Å². The molecule has 0 aliphatic heterocycles. The molecule has 3 N–H and O–H groups in total. The highest BCUT2D eigenvalue weighted by Gasteiger charge is 2.08. The van der Waals surface area contributed by atoms with Crippen LogP contribution in [0.5, 0.6) is 0 Å². The van der Waals surface area contributed by atoms with Crippen LogP contribution in [-0.2, 0) is 6.54 Å². The molecule has 1 atom stereocenters. The first kappa shape index (κ1) is 15.0. The van der Waals surface area contributed by atoms with E-state index < -0.39 is 0 Å². The van der Waals surface area contributed by atoms with E-state index in [0.29, 0.717) is 12.2 Å². The second-order valence-electron chi connectivity index (χ2n) is 4.83. The fourth-order valence-corrected chi connectivity index (χ4v) is 1.84. The molecule has 2 rings (SSSR count). The van der Waals surface area contributed by atoms with E-state index in [9.17, 15) is 4.79 Å². The molecule has 0 saturated carbocycles. The van der Waals surface area contributed by atoms with E-state index in [2.05, 4.69) is 15.6 Å². The molecule has 1 amide bonds. The van der Waals surface area contributed by atoms with Gasteiger partial charge in [0.25, 0.3) is 5.91 Å². The third kappa shape index (κ3) is 4.57. The summed E-state index contributed by atoms with van der Waals surface area (Å²) >= 11 is 0. The fraction of sp³-hybridized carbons (Fsp3) is 0.250. The second kappa shape index (κ2) is 7.40. The molecule has 0 fully saturated rings. The third-order valence-corrected chi connectivity index (χ3v) is 2.98. The maximum atomic E-state index is 12.1. The van der Waals surface area contributed by atoms with Gasteiger partial charge >= 0.3 is 0 Å². The highest BCUT2D eigenvalue weighted by atomic mass is 16.3. The van der Waals surface area contributed by atoms with Crippen molar-refractivity contribution in [2.24, 2.45) is 0 Å². The number of aliphatic hydroxyl groups is 1. The van der Waals surface area contributed by atoms with Crippen LogP contribution < -0.4 is 10.6 Å². The van der Waals surface area contributed by atoms with E-state index in [4.69, 9.17) is 5.11 Å². The summed E-state index contributed by atoms with van der Waals surface area (Å²) in [6, 6.07) is 13.1. The van der Waals surface area contributed by atoms with E-state index >= 15 is 0 Å². The third-order valence-electron chi connectivity index (χ3n) is 2.98. The zero-order chi connectivity index (χ0) is 15.1. The Kier molecular flexibility index (Phi) is 5.29. The van der Waals surface area contributed by atoms with E-state index in [1.807, 2.05) is 37.3 Å². The minimum Gasteiger partial charge on any atom is -0.394 e. The number of nitrogens with zero attached hydrogens (tertiary/aromatic N) is 1. The van der Waals surface area contributed by atoms with Crippen LogP contribution in [0.15, 0.2) is 48.7 Å². The van der Waals surface area contributed by atoms with Crippen molar-refractivity contribution in [2.45, 2.75) is 19.5 Å². The van der Waals surface area contributed by atoms with Crippen LogP contribution in [0.3, 0.4) is 0 Å². The molecule has 1 heterocycles. The minimum absolute atomic E-state index is 0.0257. The maximum absolute atomic E-state index is 12.1. The van der Waals surface area contributed by atoms with Crippen molar-refractivity contribution in [3.63, 3.8) is 0 Å². The van der Waals surface area contributed by atoms with Gasteiger partial charge in [0.05, 0.1) is 6.61 Å². The fourth-order valence-electron chi connectivity index (χ4n) is 1.84. The standard InChI is InChI=1S/C16H19N3O2/c1-12(11-20)19-14-7-8-17-15(9-14)16(21)18-10-13-5-3-2-4-6-13/h2-9,12,20H,10-11H2,1H3,(H,17,19)(H,18,21)/t12-/m1/s1. The lowest BCUT2D eigenvalue weighted by molar-refractivity contribution is 0.0946. The molecular weight excluding hydrogens is 266 g/mol. The number of amides is 1. The molecule has 0 saturated heterocycles. The number of aromatic nitrogens is 1. The van der Waals surface area contributed by atoms with Crippen molar-refractivity contribution < 1.29 is 9.90 Å². The Morgan fingerprint density at radius 2 is 2.05 bits per heavy atom. The highest BCUT2D eigenvalue weighted by Crippen LogP contribution is 2.09. The molecule has 0 aliphatic rings. The SMILES string of the molecule is C[C@H](CO)Nc1ccnc(C(=O)NCc2ccccc2)c1. The molecule has 0 unspecified atom stereocenters. The Bertz CT molecular complexity index is 587. The number of benzene rings is 1. The smallest absolute Gasteiger partial charge is 0.270 e. The predicted molar refractivity (Wildman–Crippen MR) is 82.0 cm³/mol. The predicted octanol–water partition coefficient (Wildman–Crippen LogP) is 1.80. The summed E-state index contributed by atoms with van der Waals surface area (Å²) in [6.07, 6.45) is 1.57. The Balaban J connectivity index is 1.97. The van der Waals surface area contributed by atoms with Crippen LogP contribution in [-0.4, -0.2) is 28.6 Å². The summed E-state index contributed by atoms with van der Waals surface area (Å²) in [6.45, 7) is 2.35. The second-order valence-corrected chi connectivity index (χ2v) is 4.83. The van der Waals surface area contributed by atoms with Gasteiger partial charge < -0.3 is 15.7 Å². The van der Waals surface area contributed by atoms with Gasteiger partial charge in [-0.25, -0.2) is 0 Å². The van der Waals surface area contributed by atoms with Crippen molar-refractivity contribution in [3.8, 4) is 0 Å². The number of hydrogen-bond donors (Lipinski definition) is 3. The van der Waals surface area contributed by atoms with Crippen molar-refractivity contribution in [2.75, 3.05) is 11.9 Å². The van der Waals surface area contributed by atoms with E-state index in [1.165, 1.54) is 0 Å². The molecule has 0 bridgehead atoms. The van der Waals surface area contributed by atoms with Crippen molar-refractivity contribution in [1.82, 2.24) is 10.3 Å². The van der Waals surface area contributed by atoms with Gasteiger partial charge in [-0.3, -0.25) is 9.78 Å². The van der Waals surface area contributed by atoms with Gasteiger partial charge in [0.15, 0.2) is 0 Å². The molecule has 5 heteroatoms. The topological polar surface area (TPSA) is 74.2 Å². The first-order chi connectivity index (χ1) is 10.2. The Hall–Kier alpha value is -2.40. The van der Waals surface area contributed by atoms with E-state index in [-0.39, 0.29) is 18.6 Å². The zero-order valence-corrected chi connectivity index (χ0v) is 11.9. The van der Waals surface area contributed by atoms with Crippen LogP contribution in [0.2, 0.25) is 0 Å². The van der Waals surface area contributed by atoms with Gasteiger partial charge in [0.1, 0.15) is 5.69 Å². The summed E-state index contributed by atoms with van der Waals surface area (Å²) in [5.74, 6) is -0.223. The average Bonchev–Trinajstić information content (AvgIpc) is 2.53. The quantitative estimate of drug-likeness (QED) is 0.756. The Morgan fingerprint density at radius 1 is 1.29 bits per heavy atom. The average molecular weight is 285 g/mol. The van der Waals surface area contributed by atoms with Crippen LogP contribution in [0.1, 0.15) is 23.0 Å². The summed E-state index contributed by atoms with van der Waals surface area (Å²) in [7, 11) is 0. The highest BCUT2D eigenvalue weighted by molar-refractivity contribution is 5.93. The monoisotopic (exact) mass is 285 g/mol. The molecule has 2 aromatic rings. The Morgan fingerprint density at radius 3 is 2.76 bits per heavy atom. The van der Waals surface area contributed by atoms with Crippen LogP contribution in [0, 0.1) is 0 Å². The lowest BCUT2D eigenvalue weighted by Crippen LogP contribution is -2.24. The number of pyridine rings is 1. The first-order valence-electron chi connectivity index (χ1n) is 6.84. The first-order valence-corrected chi connectivity index (χ1v) is 6.84. The molecule has 0 spiro atoms. The van der Waals surface area contributed by atoms with E-state index in [0.717, 1.165) is 11.3 Å². The van der Waals surface area contributed by atoms with Gasteiger partial charge in [-0.05, 0) is 24.6 Å². The van der Waals surface area contributed by atoms with Crippen molar-refractivity contribution >= 4 is 11.6 Å². The maximum Gasteiger partial charge on any atom is 0.270 e. The largest absolute Gasteiger partial charge is 0.394 e. The lowest BCUT2D eigenvalue weighted by atomic mass is 10.2. The van der Waals surface area contributed by atoms with Gasteiger partial charge in [-0.2, -0.15) is 0 Å². The zero-order valence-electron chi connectivity index (χ0n) is 11.9. The molecule has 1 aromatic heterocycles. The van der Waals surface area contributed by atoms with Gasteiger partial charge in [0.2, 0.25) is 0 Å². The molecule has 5 nitrogen and oxygen atoms in total. The summed E-state index contributed by atoms with van der Waals surface area (Å²) < 4.78 is 0. The molecule has 110 valence electrons. The number of carbonyl (C=O) groups excluding carboxylic acids is 1. The number of hydrogen-bond acceptors (Lipinski definition) is 4. The number of aliphatic hydroxyl groups excluding tert-OH is 1. The van der Waals surface area contributed by atoms with Gasteiger partial charge in [-0.15, -0.1) is 0 Å². The summed E-state index contributed by atoms with van der Waals surface area (Å²) in [4.78, 5) is 16.1. The Labute approximate surface area is 124 Å². The van der Waals surface area contributed by atoms with Gasteiger partial charge in [0, 0.05) is 24.5 Å². The van der Waals surface area contributed by atoms with Crippen LogP contribution in [0.25, 0.3) is 0 Å². The van der Waals surface area contributed by atoms with Gasteiger partial charge in [-0.1, -0.05) is 30.3 Å². The number of carbonyl (C=O) groups is 1. The normalized spacial score (nSPS) is 11.7. The minimum atomic E-state index is -0.223. The number of anilines is 1. The lowest BCUT2D eigenvalue weighted by Gasteiger charge is -2.12. The van der Waals surface area contributed by atoms with E-state index in [1.54, 1.807) is 18.3 Å². The van der Waals surface area contributed by atoms with Crippen molar-refractivity contribution in [1.29, 1.82) is 0 Å². The summed E-state index contributed by atoms with van der Waals surface area (Å²) in [5.41, 5.74) is 2.14. The van der Waals surface area contributed by atoms with Crippen molar-refractivity contribution in [3.05, 3.63) is 59.9 Å². The summed E-state index contributed by atoms with van der Waals surface area (Å²) in [5, 5.41) is 14.9. The molecule has 21 heavy (non-hydrogen) atoms. The molecular formula is C16H19N3O2. The number of rotatable bonds is 6. The number of nitrogens with one attached hydrogen (secondary N) is 2. The molecule has 0 aliphatic carbocycles. The molecule has 1 aromatic carbocycles. The van der Waals surface area contributed by atoms with Crippen LogP contribution >= 0.6 is 0 Å².